The predicted molar refractivity (Wildman–Crippen MR) is 85.1 cm³/mol. The topological polar surface area (TPSA) is 6.48 Å². The van der Waals surface area contributed by atoms with Crippen molar-refractivity contribution in [2.45, 2.75) is 13.5 Å². The van der Waals surface area contributed by atoms with Gasteiger partial charge in [0.05, 0.1) is 0 Å². The molecule has 1 aliphatic heterocycles. The quantitative estimate of drug-likeness (QED) is 0.841. The Kier molecular flexibility index (Phi) is 4.03. The molecule has 20 heavy (non-hydrogen) atoms. The summed E-state index contributed by atoms with van der Waals surface area (Å²) >= 11 is 0. The summed E-state index contributed by atoms with van der Waals surface area (Å²) in [5.41, 5.74) is 4.21. The molecule has 2 nitrogen and oxygen atoms in total. The molecule has 1 fully saturated rings. The van der Waals surface area contributed by atoms with Crippen LogP contribution in [0.5, 0.6) is 0 Å². The fourth-order valence-corrected chi connectivity index (χ4v) is 2.83. The van der Waals surface area contributed by atoms with Crippen molar-refractivity contribution < 1.29 is 0 Å². The molecule has 0 atom stereocenters. The molecule has 0 unspecified atom stereocenters. The fourth-order valence-electron chi connectivity index (χ4n) is 2.83. The van der Waals surface area contributed by atoms with Crippen LogP contribution in [-0.4, -0.2) is 31.1 Å². The second-order valence-electron chi connectivity index (χ2n) is 5.53. The van der Waals surface area contributed by atoms with Crippen molar-refractivity contribution in [3.8, 4) is 0 Å². The van der Waals surface area contributed by atoms with Gasteiger partial charge in [-0.1, -0.05) is 42.5 Å². The van der Waals surface area contributed by atoms with Crippen LogP contribution in [0.25, 0.3) is 0 Å². The van der Waals surface area contributed by atoms with Crippen molar-refractivity contribution in [3.63, 3.8) is 0 Å². The van der Waals surface area contributed by atoms with E-state index in [0.29, 0.717) is 0 Å². The molecule has 0 amide bonds. The van der Waals surface area contributed by atoms with Crippen molar-refractivity contribution >= 4 is 5.69 Å². The van der Waals surface area contributed by atoms with E-state index < -0.39 is 0 Å². The molecular formula is C18H22N2. The first-order chi connectivity index (χ1) is 9.83. The van der Waals surface area contributed by atoms with Crippen molar-refractivity contribution in [3.05, 3.63) is 65.7 Å². The van der Waals surface area contributed by atoms with Crippen molar-refractivity contribution in [1.82, 2.24) is 4.90 Å². The number of anilines is 1. The van der Waals surface area contributed by atoms with Crippen LogP contribution in [0, 0.1) is 6.92 Å². The highest BCUT2D eigenvalue weighted by Crippen LogP contribution is 2.17. The van der Waals surface area contributed by atoms with E-state index in [9.17, 15) is 0 Å². The van der Waals surface area contributed by atoms with E-state index in [0.717, 1.165) is 32.7 Å². The van der Waals surface area contributed by atoms with E-state index in [-0.39, 0.29) is 0 Å². The number of benzene rings is 2. The Bertz CT molecular complexity index is 542. The highest BCUT2D eigenvalue weighted by atomic mass is 15.3. The highest BCUT2D eigenvalue weighted by Gasteiger charge is 2.17. The average molecular weight is 266 g/mol. The van der Waals surface area contributed by atoms with Crippen LogP contribution >= 0.6 is 0 Å². The molecule has 2 heteroatoms. The Balaban J connectivity index is 1.58. The van der Waals surface area contributed by atoms with Gasteiger partial charge < -0.3 is 4.90 Å². The van der Waals surface area contributed by atoms with E-state index in [1.54, 1.807) is 0 Å². The van der Waals surface area contributed by atoms with Gasteiger partial charge >= 0.3 is 0 Å². The molecule has 104 valence electrons. The van der Waals surface area contributed by atoms with E-state index in [1.165, 1.54) is 16.8 Å². The zero-order valence-corrected chi connectivity index (χ0v) is 12.1. The van der Waals surface area contributed by atoms with Gasteiger partial charge in [0, 0.05) is 38.4 Å². The Labute approximate surface area is 121 Å². The Hall–Kier alpha value is -1.80. The fraction of sp³-hybridized carbons (Fsp3) is 0.333. The normalized spacial score (nSPS) is 16.4. The maximum absolute atomic E-state index is 2.56. The monoisotopic (exact) mass is 266 g/mol. The van der Waals surface area contributed by atoms with Gasteiger partial charge in [0.2, 0.25) is 0 Å². The Morgan fingerprint density at radius 3 is 2.15 bits per heavy atom. The van der Waals surface area contributed by atoms with Gasteiger partial charge in [0.15, 0.2) is 0 Å². The highest BCUT2D eigenvalue weighted by molar-refractivity contribution is 5.46. The summed E-state index contributed by atoms with van der Waals surface area (Å²) in [7, 11) is 0. The van der Waals surface area contributed by atoms with Gasteiger partial charge in [-0.2, -0.15) is 0 Å². The zero-order valence-electron chi connectivity index (χ0n) is 12.1. The maximum Gasteiger partial charge on any atom is 0.0367 e. The number of aryl methyl sites for hydroxylation is 1. The summed E-state index contributed by atoms with van der Waals surface area (Å²) in [5.74, 6) is 0. The second kappa shape index (κ2) is 6.10. The van der Waals surface area contributed by atoms with Crippen molar-refractivity contribution in [2.24, 2.45) is 0 Å². The molecule has 3 rings (SSSR count). The summed E-state index contributed by atoms with van der Waals surface area (Å²) in [5, 5.41) is 0. The van der Waals surface area contributed by atoms with E-state index in [2.05, 4.69) is 71.3 Å². The zero-order chi connectivity index (χ0) is 13.8. The second-order valence-corrected chi connectivity index (χ2v) is 5.53. The molecular weight excluding hydrogens is 244 g/mol. The third-order valence-corrected chi connectivity index (χ3v) is 4.15. The van der Waals surface area contributed by atoms with Crippen LogP contribution in [-0.2, 0) is 6.54 Å². The molecule has 0 radical (unpaired) electrons. The SMILES string of the molecule is Cc1ccccc1CN1CCN(c2ccccc2)CC1. The van der Waals surface area contributed by atoms with E-state index in [1.807, 2.05) is 0 Å². The molecule has 0 aliphatic carbocycles. The largest absolute Gasteiger partial charge is 0.369 e. The molecule has 0 saturated carbocycles. The summed E-state index contributed by atoms with van der Waals surface area (Å²) in [6.45, 7) is 7.81. The average Bonchev–Trinajstić information content (AvgIpc) is 2.51. The summed E-state index contributed by atoms with van der Waals surface area (Å²) in [4.78, 5) is 5.04. The molecule has 2 aromatic carbocycles. The number of rotatable bonds is 3. The van der Waals surface area contributed by atoms with Crippen LogP contribution in [0.1, 0.15) is 11.1 Å². The minimum atomic E-state index is 1.08. The van der Waals surface area contributed by atoms with Gasteiger partial charge in [-0.15, -0.1) is 0 Å². The third kappa shape index (κ3) is 3.02. The van der Waals surface area contributed by atoms with Crippen LogP contribution in [0.4, 0.5) is 5.69 Å². The van der Waals surface area contributed by atoms with Crippen LogP contribution < -0.4 is 4.90 Å². The van der Waals surface area contributed by atoms with Crippen molar-refractivity contribution in [2.75, 3.05) is 31.1 Å². The molecule has 0 aromatic heterocycles. The number of piperazine rings is 1. The number of nitrogens with zero attached hydrogens (tertiary/aromatic N) is 2. The van der Waals surface area contributed by atoms with E-state index in [4.69, 9.17) is 0 Å². The Morgan fingerprint density at radius 1 is 0.800 bits per heavy atom. The van der Waals surface area contributed by atoms with Crippen LogP contribution in [0.15, 0.2) is 54.6 Å². The van der Waals surface area contributed by atoms with Crippen LogP contribution in [0.3, 0.4) is 0 Å². The standard InChI is InChI=1S/C18H22N2/c1-16-7-5-6-8-17(16)15-19-11-13-20(14-12-19)18-9-3-2-4-10-18/h2-10H,11-15H2,1H3. The lowest BCUT2D eigenvalue weighted by molar-refractivity contribution is 0.249. The number of para-hydroxylation sites is 1. The molecule has 0 N–H and O–H groups in total. The lowest BCUT2D eigenvalue weighted by Gasteiger charge is -2.36. The van der Waals surface area contributed by atoms with Crippen LogP contribution in [0.2, 0.25) is 0 Å². The third-order valence-electron chi connectivity index (χ3n) is 4.15. The molecule has 0 spiro atoms. The number of hydrogen-bond acceptors (Lipinski definition) is 2. The molecule has 2 aromatic rings. The van der Waals surface area contributed by atoms with Crippen molar-refractivity contribution in [1.29, 1.82) is 0 Å². The summed E-state index contributed by atoms with van der Waals surface area (Å²) in [6.07, 6.45) is 0. The molecule has 0 bridgehead atoms. The first-order valence-corrected chi connectivity index (χ1v) is 7.40. The first kappa shape index (κ1) is 13.2. The maximum atomic E-state index is 2.56. The van der Waals surface area contributed by atoms with Gasteiger partial charge in [-0.3, -0.25) is 4.90 Å². The first-order valence-electron chi connectivity index (χ1n) is 7.40. The van der Waals surface area contributed by atoms with Gasteiger partial charge in [0.25, 0.3) is 0 Å². The molecule has 1 saturated heterocycles. The van der Waals surface area contributed by atoms with Gasteiger partial charge in [-0.25, -0.2) is 0 Å². The minimum absolute atomic E-state index is 1.08. The van der Waals surface area contributed by atoms with Gasteiger partial charge in [0.1, 0.15) is 0 Å². The number of hydrogen-bond donors (Lipinski definition) is 0. The lowest BCUT2D eigenvalue weighted by atomic mass is 10.1. The van der Waals surface area contributed by atoms with Gasteiger partial charge in [-0.05, 0) is 30.2 Å². The van der Waals surface area contributed by atoms with E-state index >= 15 is 0 Å². The molecule has 1 aliphatic rings. The minimum Gasteiger partial charge on any atom is -0.369 e. The summed E-state index contributed by atoms with van der Waals surface area (Å²) in [6, 6.07) is 19.4. The lowest BCUT2D eigenvalue weighted by Crippen LogP contribution is -2.46. The molecule has 1 heterocycles. The smallest absolute Gasteiger partial charge is 0.0367 e. The Morgan fingerprint density at radius 2 is 1.45 bits per heavy atom. The summed E-state index contributed by atoms with van der Waals surface area (Å²) < 4.78 is 0. The predicted octanol–water partition coefficient (Wildman–Crippen LogP) is 3.32.